The molecule has 0 unspecified atom stereocenters. The van der Waals surface area contributed by atoms with Gasteiger partial charge in [0, 0.05) is 6.92 Å². The number of nitrogens with zero attached hydrogens (tertiary/aromatic N) is 1. The molecule has 1 rings (SSSR count). The van der Waals surface area contributed by atoms with E-state index in [0.29, 0.717) is 0 Å². The van der Waals surface area contributed by atoms with Crippen molar-refractivity contribution in [1.29, 1.82) is 0 Å². The standard InChI is InChI=1S/C7H15NO2/c1-7(8(2)3)9-5-4-6-10-7/h4-6H2,1-3H3. The number of ether oxygens (including phenoxy) is 2. The molecule has 1 aliphatic rings. The molecule has 0 amide bonds. The molecule has 1 aliphatic heterocycles. The van der Waals surface area contributed by atoms with E-state index in [1.165, 1.54) is 0 Å². The largest absolute Gasteiger partial charge is 0.337 e. The second kappa shape index (κ2) is 2.86. The maximum Gasteiger partial charge on any atom is 0.226 e. The minimum absolute atomic E-state index is 0.488. The van der Waals surface area contributed by atoms with Crippen molar-refractivity contribution in [3.05, 3.63) is 0 Å². The average molecular weight is 145 g/mol. The zero-order valence-corrected chi connectivity index (χ0v) is 6.89. The second-order valence-electron chi connectivity index (χ2n) is 2.84. The van der Waals surface area contributed by atoms with E-state index in [9.17, 15) is 0 Å². The van der Waals surface area contributed by atoms with Gasteiger partial charge in [-0.2, -0.15) is 0 Å². The van der Waals surface area contributed by atoms with E-state index in [4.69, 9.17) is 9.47 Å². The van der Waals surface area contributed by atoms with E-state index >= 15 is 0 Å². The molecule has 1 fully saturated rings. The van der Waals surface area contributed by atoms with E-state index in [0.717, 1.165) is 19.6 Å². The van der Waals surface area contributed by atoms with Gasteiger partial charge in [0.25, 0.3) is 0 Å². The molecule has 0 aromatic rings. The topological polar surface area (TPSA) is 21.7 Å². The van der Waals surface area contributed by atoms with Gasteiger partial charge in [-0.3, -0.25) is 4.90 Å². The fraction of sp³-hybridized carbons (Fsp3) is 1.00. The molecule has 60 valence electrons. The van der Waals surface area contributed by atoms with E-state index in [1.54, 1.807) is 0 Å². The summed E-state index contributed by atoms with van der Waals surface area (Å²) in [6.45, 7) is 3.54. The van der Waals surface area contributed by atoms with Crippen LogP contribution < -0.4 is 0 Å². The lowest BCUT2D eigenvalue weighted by atomic mass is 10.4. The summed E-state index contributed by atoms with van der Waals surface area (Å²) in [6.07, 6.45) is 1.00. The van der Waals surface area contributed by atoms with Crippen LogP contribution in [0.5, 0.6) is 0 Å². The minimum atomic E-state index is -0.488. The summed E-state index contributed by atoms with van der Waals surface area (Å²) in [7, 11) is 3.90. The fourth-order valence-electron chi connectivity index (χ4n) is 0.882. The van der Waals surface area contributed by atoms with Crippen LogP contribution in [0, 0.1) is 0 Å². The highest BCUT2D eigenvalue weighted by molar-refractivity contribution is 4.62. The lowest BCUT2D eigenvalue weighted by Crippen LogP contribution is -2.49. The first-order valence-electron chi connectivity index (χ1n) is 3.60. The van der Waals surface area contributed by atoms with Gasteiger partial charge < -0.3 is 9.47 Å². The van der Waals surface area contributed by atoms with Gasteiger partial charge in [-0.05, 0) is 20.5 Å². The summed E-state index contributed by atoms with van der Waals surface area (Å²) in [5.74, 6) is -0.488. The van der Waals surface area contributed by atoms with Crippen LogP contribution in [-0.4, -0.2) is 38.1 Å². The number of hydrogen-bond acceptors (Lipinski definition) is 3. The third-order valence-electron chi connectivity index (χ3n) is 1.84. The highest BCUT2D eigenvalue weighted by Crippen LogP contribution is 2.19. The van der Waals surface area contributed by atoms with Gasteiger partial charge in [0.05, 0.1) is 13.2 Å². The van der Waals surface area contributed by atoms with Gasteiger partial charge >= 0.3 is 0 Å². The molecule has 0 aromatic carbocycles. The molecule has 0 bridgehead atoms. The first kappa shape index (κ1) is 7.98. The van der Waals surface area contributed by atoms with Crippen LogP contribution in [0.15, 0.2) is 0 Å². The second-order valence-corrected chi connectivity index (χ2v) is 2.84. The normalized spacial score (nSPS) is 25.2. The third-order valence-corrected chi connectivity index (χ3v) is 1.84. The molecule has 10 heavy (non-hydrogen) atoms. The van der Waals surface area contributed by atoms with Gasteiger partial charge in [-0.1, -0.05) is 0 Å². The Morgan fingerprint density at radius 3 is 2.00 bits per heavy atom. The van der Waals surface area contributed by atoms with Crippen molar-refractivity contribution >= 4 is 0 Å². The van der Waals surface area contributed by atoms with Crippen molar-refractivity contribution < 1.29 is 9.47 Å². The highest BCUT2D eigenvalue weighted by atomic mass is 16.7. The smallest absolute Gasteiger partial charge is 0.226 e. The van der Waals surface area contributed by atoms with Crippen LogP contribution in [0.25, 0.3) is 0 Å². The summed E-state index contributed by atoms with van der Waals surface area (Å²) in [6, 6.07) is 0. The first-order chi connectivity index (χ1) is 4.65. The quantitative estimate of drug-likeness (QED) is 0.541. The van der Waals surface area contributed by atoms with Gasteiger partial charge in [-0.25, -0.2) is 0 Å². The molecule has 0 N–H and O–H groups in total. The van der Waals surface area contributed by atoms with Gasteiger partial charge in [0.2, 0.25) is 5.91 Å². The van der Waals surface area contributed by atoms with Crippen molar-refractivity contribution in [2.75, 3.05) is 27.3 Å². The molecule has 0 saturated carbocycles. The van der Waals surface area contributed by atoms with Crippen LogP contribution >= 0.6 is 0 Å². The van der Waals surface area contributed by atoms with Gasteiger partial charge in [0.15, 0.2) is 0 Å². The predicted octanol–water partition coefficient (Wildman–Crippen LogP) is 0.659. The van der Waals surface area contributed by atoms with Crippen LogP contribution in [0.2, 0.25) is 0 Å². The number of hydrogen-bond donors (Lipinski definition) is 0. The van der Waals surface area contributed by atoms with Crippen LogP contribution in [0.1, 0.15) is 13.3 Å². The Morgan fingerprint density at radius 2 is 1.70 bits per heavy atom. The van der Waals surface area contributed by atoms with Crippen molar-refractivity contribution in [1.82, 2.24) is 4.90 Å². The first-order valence-corrected chi connectivity index (χ1v) is 3.60. The fourth-order valence-corrected chi connectivity index (χ4v) is 0.882. The predicted molar refractivity (Wildman–Crippen MR) is 38.6 cm³/mol. The summed E-state index contributed by atoms with van der Waals surface area (Å²) in [5, 5.41) is 0. The molecule has 3 heteroatoms. The SMILES string of the molecule is CN(C)C1(C)OCCCO1. The monoisotopic (exact) mass is 145 g/mol. The molecule has 3 nitrogen and oxygen atoms in total. The van der Waals surface area contributed by atoms with Crippen LogP contribution in [0.3, 0.4) is 0 Å². The molecule has 1 heterocycles. The maximum atomic E-state index is 5.43. The molecule has 0 aromatic heterocycles. The van der Waals surface area contributed by atoms with E-state index < -0.39 is 5.91 Å². The van der Waals surface area contributed by atoms with Crippen molar-refractivity contribution in [3.8, 4) is 0 Å². The van der Waals surface area contributed by atoms with Gasteiger partial charge in [0.1, 0.15) is 0 Å². The van der Waals surface area contributed by atoms with Crippen molar-refractivity contribution in [3.63, 3.8) is 0 Å². The Labute approximate surface area is 61.9 Å². The molecule has 0 atom stereocenters. The molecule has 0 spiro atoms. The maximum absolute atomic E-state index is 5.43. The van der Waals surface area contributed by atoms with Crippen LogP contribution in [0.4, 0.5) is 0 Å². The molecule has 0 aliphatic carbocycles. The highest BCUT2D eigenvalue weighted by Gasteiger charge is 2.30. The van der Waals surface area contributed by atoms with Crippen LogP contribution in [-0.2, 0) is 9.47 Å². The van der Waals surface area contributed by atoms with Gasteiger partial charge in [-0.15, -0.1) is 0 Å². The average Bonchev–Trinajstić information content (AvgIpc) is 1.89. The Morgan fingerprint density at radius 1 is 1.20 bits per heavy atom. The molecule has 1 saturated heterocycles. The number of rotatable bonds is 1. The zero-order chi connectivity index (χ0) is 7.61. The molecular weight excluding hydrogens is 130 g/mol. The zero-order valence-electron chi connectivity index (χ0n) is 6.89. The summed E-state index contributed by atoms with van der Waals surface area (Å²) in [5.41, 5.74) is 0. The van der Waals surface area contributed by atoms with E-state index in [2.05, 4.69) is 0 Å². The Kier molecular flexibility index (Phi) is 2.28. The molecular formula is C7H15NO2. The Balaban J connectivity index is 2.48. The van der Waals surface area contributed by atoms with E-state index in [-0.39, 0.29) is 0 Å². The lowest BCUT2D eigenvalue weighted by molar-refractivity contribution is -0.319. The van der Waals surface area contributed by atoms with Crippen molar-refractivity contribution in [2.45, 2.75) is 19.3 Å². The lowest BCUT2D eigenvalue weighted by Gasteiger charge is -2.38. The van der Waals surface area contributed by atoms with E-state index in [1.807, 2.05) is 25.9 Å². The third kappa shape index (κ3) is 1.48. The Hall–Kier alpha value is -0.120. The summed E-state index contributed by atoms with van der Waals surface area (Å²) >= 11 is 0. The Bertz CT molecular complexity index is 108. The molecule has 0 radical (unpaired) electrons. The minimum Gasteiger partial charge on any atom is -0.337 e. The summed E-state index contributed by atoms with van der Waals surface area (Å²) in [4.78, 5) is 1.94. The van der Waals surface area contributed by atoms with Crippen molar-refractivity contribution in [2.24, 2.45) is 0 Å². The summed E-state index contributed by atoms with van der Waals surface area (Å²) < 4.78 is 10.9.